The van der Waals surface area contributed by atoms with E-state index in [-0.39, 0.29) is 23.6 Å². The lowest BCUT2D eigenvalue weighted by atomic mass is 9.96. The third-order valence-corrected chi connectivity index (χ3v) is 6.81. The Morgan fingerprint density at radius 1 is 1.05 bits per heavy atom. The summed E-state index contributed by atoms with van der Waals surface area (Å²) in [6.07, 6.45) is -2.14. The van der Waals surface area contributed by atoms with Crippen LogP contribution in [0.2, 0.25) is 0 Å². The van der Waals surface area contributed by atoms with E-state index in [1.54, 1.807) is 29.2 Å². The van der Waals surface area contributed by atoms with Gasteiger partial charge in [-0.25, -0.2) is 14.6 Å². The molecular weight excluding hydrogens is 518 g/mol. The molecule has 38 heavy (non-hydrogen) atoms. The molecule has 2 heterocycles. The van der Waals surface area contributed by atoms with Gasteiger partial charge in [0.2, 0.25) is 11.8 Å². The number of anilines is 2. The highest BCUT2D eigenvalue weighted by atomic mass is 32.1. The Morgan fingerprint density at radius 3 is 2.18 bits per heavy atom. The molecule has 0 unspecified atom stereocenters. The molecule has 14 nitrogen and oxygen atoms in total. The molecule has 0 aliphatic carbocycles. The van der Waals surface area contributed by atoms with Gasteiger partial charge in [-0.2, -0.15) is 0 Å². The number of rotatable bonds is 10. The molecule has 1 fully saturated rings. The quantitative estimate of drug-likeness (QED) is 0.214. The van der Waals surface area contributed by atoms with E-state index in [0.717, 1.165) is 16.9 Å². The number of nitrogens with one attached hydrogen (secondary N) is 4. The first-order valence-corrected chi connectivity index (χ1v) is 12.5. The second kappa shape index (κ2) is 12.7. The number of hydrogen-bond acceptors (Lipinski definition) is 8. The van der Waals surface area contributed by atoms with Crippen molar-refractivity contribution in [1.82, 2.24) is 20.5 Å². The lowest BCUT2D eigenvalue weighted by Crippen LogP contribution is -2.52. The third-order valence-electron chi connectivity index (χ3n) is 5.81. The first-order valence-electron chi connectivity index (χ1n) is 11.7. The third kappa shape index (κ3) is 8.06. The SMILES string of the molecule is CC(=O)Nc1nc(CCc2ccc(NC(NC(=O)O)NC(=O)O)cc2)c(C(=O)N2CCC(C(N)=O)CC2)s1. The maximum Gasteiger partial charge on any atom is 0.407 e. The number of likely N-dealkylation sites (tertiary alicyclic amines) is 1. The molecule has 1 aromatic carbocycles. The fourth-order valence-electron chi connectivity index (χ4n) is 3.96. The van der Waals surface area contributed by atoms with E-state index >= 15 is 0 Å². The second-order valence-electron chi connectivity index (χ2n) is 8.62. The predicted octanol–water partition coefficient (Wildman–Crippen LogP) is 1.45. The minimum Gasteiger partial charge on any atom is -0.465 e. The smallest absolute Gasteiger partial charge is 0.407 e. The Labute approximate surface area is 221 Å². The molecule has 15 heteroatoms. The van der Waals surface area contributed by atoms with Gasteiger partial charge in [-0.15, -0.1) is 0 Å². The lowest BCUT2D eigenvalue weighted by Gasteiger charge is -2.30. The Bertz CT molecular complexity index is 1180. The highest BCUT2D eigenvalue weighted by molar-refractivity contribution is 7.17. The van der Waals surface area contributed by atoms with Crippen LogP contribution in [0, 0.1) is 5.92 Å². The molecular formula is C23H29N7O7S. The number of benzene rings is 1. The zero-order chi connectivity index (χ0) is 27.8. The van der Waals surface area contributed by atoms with Crippen LogP contribution in [0.1, 0.15) is 40.7 Å². The van der Waals surface area contributed by atoms with Crippen LogP contribution in [0.4, 0.5) is 20.4 Å². The number of aryl methyl sites for hydroxylation is 2. The fourth-order valence-corrected chi connectivity index (χ4v) is 4.98. The number of carbonyl (C=O) groups excluding carboxylic acids is 3. The van der Waals surface area contributed by atoms with Crippen molar-refractivity contribution in [2.75, 3.05) is 23.7 Å². The number of carbonyl (C=O) groups is 5. The first-order chi connectivity index (χ1) is 18.0. The van der Waals surface area contributed by atoms with Gasteiger partial charge in [-0.3, -0.25) is 25.0 Å². The molecule has 1 aliphatic heterocycles. The van der Waals surface area contributed by atoms with Gasteiger partial charge < -0.3 is 31.5 Å². The van der Waals surface area contributed by atoms with Gasteiger partial charge in [0.05, 0.1) is 5.69 Å². The van der Waals surface area contributed by atoms with Gasteiger partial charge >= 0.3 is 12.2 Å². The van der Waals surface area contributed by atoms with Crippen LogP contribution in [0.3, 0.4) is 0 Å². The molecule has 3 rings (SSSR count). The summed E-state index contributed by atoms with van der Waals surface area (Å²) in [7, 11) is 0. The molecule has 204 valence electrons. The summed E-state index contributed by atoms with van der Waals surface area (Å²) < 4.78 is 0. The van der Waals surface area contributed by atoms with Crippen LogP contribution in [0.15, 0.2) is 24.3 Å². The van der Waals surface area contributed by atoms with Gasteiger partial charge in [0, 0.05) is 31.6 Å². The van der Waals surface area contributed by atoms with Crippen LogP contribution >= 0.6 is 11.3 Å². The van der Waals surface area contributed by atoms with Gasteiger partial charge in [-0.05, 0) is 43.4 Å². The minimum atomic E-state index is -1.41. The van der Waals surface area contributed by atoms with Crippen LogP contribution in [0.25, 0.3) is 0 Å². The number of amides is 5. The molecule has 0 radical (unpaired) electrons. The number of piperidine rings is 1. The number of primary amides is 1. The van der Waals surface area contributed by atoms with Crippen molar-refractivity contribution in [2.45, 2.75) is 38.9 Å². The normalized spacial score (nSPS) is 13.6. The van der Waals surface area contributed by atoms with Crippen LogP contribution < -0.4 is 27.0 Å². The zero-order valence-electron chi connectivity index (χ0n) is 20.5. The molecule has 0 atom stereocenters. The maximum atomic E-state index is 13.3. The van der Waals surface area contributed by atoms with Crippen molar-refractivity contribution in [3.05, 3.63) is 40.4 Å². The molecule has 0 saturated carbocycles. The Hall–Kier alpha value is -4.40. The van der Waals surface area contributed by atoms with E-state index in [9.17, 15) is 24.0 Å². The van der Waals surface area contributed by atoms with Gasteiger partial charge in [0.1, 0.15) is 4.88 Å². The Kier molecular flexibility index (Phi) is 9.43. The van der Waals surface area contributed by atoms with Crippen molar-refractivity contribution in [3.8, 4) is 0 Å². The van der Waals surface area contributed by atoms with Gasteiger partial charge in [0.25, 0.3) is 5.91 Å². The van der Waals surface area contributed by atoms with E-state index in [1.165, 1.54) is 6.92 Å². The number of nitrogens with two attached hydrogens (primary N) is 1. The van der Waals surface area contributed by atoms with Crippen molar-refractivity contribution < 1.29 is 34.2 Å². The van der Waals surface area contributed by atoms with Crippen LogP contribution in [-0.2, 0) is 22.4 Å². The molecule has 0 spiro atoms. The summed E-state index contributed by atoms with van der Waals surface area (Å²) in [6, 6.07) is 6.87. The van der Waals surface area contributed by atoms with E-state index in [0.29, 0.717) is 60.2 Å². The monoisotopic (exact) mass is 547 g/mol. The average molecular weight is 548 g/mol. The largest absolute Gasteiger partial charge is 0.465 e. The van der Waals surface area contributed by atoms with Gasteiger partial charge in [-0.1, -0.05) is 23.5 Å². The number of hydrogen-bond donors (Lipinski definition) is 7. The first kappa shape index (κ1) is 28.2. The fraction of sp³-hybridized carbons (Fsp3) is 0.391. The number of aromatic nitrogens is 1. The Morgan fingerprint density at radius 2 is 1.66 bits per heavy atom. The molecule has 0 bridgehead atoms. The van der Waals surface area contributed by atoms with Crippen molar-refractivity contribution in [1.29, 1.82) is 0 Å². The highest BCUT2D eigenvalue weighted by Crippen LogP contribution is 2.28. The van der Waals surface area contributed by atoms with Crippen molar-refractivity contribution >= 4 is 52.1 Å². The standard InChI is InChI=1S/C23H29N7O7S/c1-12(31)25-21-27-16(17(38-21)19(33)30-10-8-14(9-11-30)18(24)32)7-4-13-2-5-15(6-3-13)26-20(28-22(34)35)29-23(36)37/h2-3,5-6,14,20,26,28-29H,4,7-11H2,1H3,(H2,24,32)(H,34,35)(H,36,37)(H,25,27,31). The molecule has 2 aromatic rings. The maximum absolute atomic E-state index is 13.3. The number of nitrogens with zero attached hydrogens (tertiary/aromatic N) is 2. The minimum absolute atomic E-state index is 0.209. The topological polar surface area (TPSA) is 216 Å². The summed E-state index contributed by atoms with van der Waals surface area (Å²) in [5, 5.41) is 27.4. The van der Waals surface area contributed by atoms with Crippen LogP contribution in [0.5, 0.6) is 0 Å². The highest BCUT2D eigenvalue weighted by Gasteiger charge is 2.29. The summed E-state index contributed by atoms with van der Waals surface area (Å²) in [6.45, 7) is 2.17. The predicted molar refractivity (Wildman–Crippen MR) is 138 cm³/mol. The van der Waals surface area contributed by atoms with Crippen LogP contribution in [-0.4, -0.2) is 69.4 Å². The average Bonchev–Trinajstić information content (AvgIpc) is 3.24. The number of carboxylic acid groups (broad SMARTS) is 2. The molecule has 8 N–H and O–H groups in total. The molecule has 1 aromatic heterocycles. The summed E-state index contributed by atoms with van der Waals surface area (Å²) in [4.78, 5) is 64.6. The second-order valence-corrected chi connectivity index (χ2v) is 9.62. The van der Waals surface area contributed by atoms with Crippen molar-refractivity contribution in [3.63, 3.8) is 0 Å². The summed E-state index contributed by atoms with van der Waals surface area (Å²) in [5.41, 5.74) is 7.29. The van der Waals surface area contributed by atoms with E-state index in [4.69, 9.17) is 15.9 Å². The number of thiazole rings is 1. The van der Waals surface area contributed by atoms with Gasteiger partial charge in [0.15, 0.2) is 11.4 Å². The summed E-state index contributed by atoms with van der Waals surface area (Å²) in [5.74, 6) is -1.12. The lowest BCUT2D eigenvalue weighted by molar-refractivity contribution is -0.123. The van der Waals surface area contributed by atoms with E-state index in [1.807, 2.05) is 10.6 Å². The summed E-state index contributed by atoms with van der Waals surface area (Å²) >= 11 is 1.10. The molecule has 5 amide bonds. The van der Waals surface area contributed by atoms with Crippen molar-refractivity contribution in [2.24, 2.45) is 11.7 Å². The van der Waals surface area contributed by atoms with E-state index < -0.39 is 18.5 Å². The molecule has 1 saturated heterocycles. The van der Waals surface area contributed by atoms with E-state index in [2.05, 4.69) is 15.6 Å². The zero-order valence-corrected chi connectivity index (χ0v) is 21.3. The Balaban J connectivity index is 1.68. The molecule has 1 aliphatic rings.